The summed E-state index contributed by atoms with van der Waals surface area (Å²) in [5, 5.41) is 14.1. The number of aliphatic imine (C=N–C) groups is 1. The minimum atomic E-state index is -0.151. The van der Waals surface area contributed by atoms with Crippen molar-refractivity contribution in [3.63, 3.8) is 0 Å². The molecule has 32 heavy (non-hydrogen) atoms. The van der Waals surface area contributed by atoms with Crippen molar-refractivity contribution in [1.29, 1.82) is 0 Å². The van der Waals surface area contributed by atoms with Gasteiger partial charge in [-0.15, -0.1) is 0 Å². The molecule has 3 N–H and O–H groups in total. The number of quaternary nitrogens is 1. The number of anilines is 2. The predicted octanol–water partition coefficient (Wildman–Crippen LogP) is 3.44. The third-order valence-corrected chi connectivity index (χ3v) is 5.62. The van der Waals surface area contributed by atoms with Crippen LogP contribution in [-0.4, -0.2) is 42.8 Å². The van der Waals surface area contributed by atoms with E-state index in [1.165, 1.54) is 12.5 Å². The van der Waals surface area contributed by atoms with E-state index in [2.05, 4.69) is 43.0 Å². The van der Waals surface area contributed by atoms with Gasteiger partial charge in [0.15, 0.2) is 5.69 Å². The predicted molar refractivity (Wildman–Crippen MR) is 135 cm³/mol. The van der Waals surface area contributed by atoms with Gasteiger partial charge in [-0.3, -0.25) is 4.79 Å². The number of rotatable bonds is 6. The number of amidine groups is 1. The minimum absolute atomic E-state index is 0.112. The summed E-state index contributed by atoms with van der Waals surface area (Å²) in [6.07, 6.45) is 1.69. The molecule has 3 rings (SSSR count). The van der Waals surface area contributed by atoms with E-state index in [1.54, 1.807) is 6.21 Å². The maximum absolute atomic E-state index is 11.9. The maximum atomic E-state index is 11.9. The van der Waals surface area contributed by atoms with Gasteiger partial charge in [0.1, 0.15) is 13.3 Å². The Morgan fingerprint density at radius 2 is 1.72 bits per heavy atom. The summed E-state index contributed by atoms with van der Waals surface area (Å²) < 4.78 is 0.112. The molecule has 1 amide bonds. The smallest absolute Gasteiger partial charge is 0.367 e. The monoisotopic (exact) mass is 434 g/mol. The van der Waals surface area contributed by atoms with Crippen LogP contribution in [0.25, 0.3) is 0 Å². The second kappa shape index (κ2) is 9.04. The van der Waals surface area contributed by atoms with Crippen LogP contribution >= 0.6 is 0 Å². The minimum Gasteiger partial charge on any atom is -0.367 e. The summed E-state index contributed by atoms with van der Waals surface area (Å²) in [6, 6.07) is 14.7. The van der Waals surface area contributed by atoms with Crippen molar-refractivity contribution in [2.24, 2.45) is 10.1 Å². The molecule has 0 aliphatic carbocycles. The normalized spacial score (nSPS) is 19.3. The van der Waals surface area contributed by atoms with Crippen LogP contribution in [-0.2, 0) is 4.79 Å². The SMILES string of the molecule is CC(=O)Nc1cc(N(C(C)C)C(C)C)ccc1N=C1C=N[N+](C)(c2ccc(C)cc2)C1=[NH2+]. The van der Waals surface area contributed by atoms with Crippen molar-refractivity contribution in [3.05, 3.63) is 48.0 Å². The van der Waals surface area contributed by atoms with Crippen LogP contribution in [0, 0.1) is 6.92 Å². The lowest BCUT2D eigenvalue weighted by atomic mass is 10.1. The Morgan fingerprint density at radius 1 is 1.09 bits per heavy atom. The zero-order chi connectivity index (χ0) is 23.6. The fourth-order valence-corrected chi connectivity index (χ4v) is 4.04. The molecule has 1 atom stereocenters. The van der Waals surface area contributed by atoms with E-state index in [0.717, 1.165) is 11.4 Å². The van der Waals surface area contributed by atoms with Crippen molar-refractivity contribution >= 4 is 46.4 Å². The first kappa shape index (κ1) is 23.3. The number of aryl methyl sites for hydroxylation is 1. The van der Waals surface area contributed by atoms with Crippen LogP contribution in [0.5, 0.6) is 0 Å². The number of hydrogen-bond acceptors (Lipinski definition) is 4. The van der Waals surface area contributed by atoms with E-state index in [0.29, 0.717) is 35.0 Å². The van der Waals surface area contributed by atoms with Gasteiger partial charge in [0, 0.05) is 36.8 Å². The number of nitrogens with one attached hydrogen (secondary N) is 1. The molecular weight excluding hydrogens is 400 g/mol. The Balaban J connectivity index is 2.00. The van der Waals surface area contributed by atoms with Gasteiger partial charge < -0.3 is 10.2 Å². The molecular formula is C25H34N6O+2. The van der Waals surface area contributed by atoms with Gasteiger partial charge >= 0.3 is 5.84 Å². The van der Waals surface area contributed by atoms with Crippen LogP contribution in [0.4, 0.5) is 22.7 Å². The summed E-state index contributed by atoms with van der Waals surface area (Å²) >= 11 is 0. The third-order valence-electron chi connectivity index (χ3n) is 5.62. The first-order valence-electron chi connectivity index (χ1n) is 10.9. The fraction of sp³-hybridized carbons (Fsp3) is 0.360. The lowest BCUT2D eigenvalue weighted by Crippen LogP contribution is -2.60. The van der Waals surface area contributed by atoms with Crippen LogP contribution in [0.1, 0.15) is 40.2 Å². The molecule has 7 nitrogen and oxygen atoms in total. The van der Waals surface area contributed by atoms with Crippen LogP contribution in [0.15, 0.2) is 52.6 Å². The first-order chi connectivity index (χ1) is 15.0. The number of carbonyl (C=O) groups is 1. The molecule has 0 radical (unpaired) electrons. The molecule has 0 fully saturated rings. The van der Waals surface area contributed by atoms with E-state index >= 15 is 0 Å². The van der Waals surface area contributed by atoms with Gasteiger partial charge in [0.25, 0.3) is 0 Å². The Morgan fingerprint density at radius 3 is 2.28 bits per heavy atom. The van der Waals surface area contributed by atoms with Crippen LogP contribution in [0.2, 0.25) is 0 Å². The zero-order valence-corrected chi connectivity index (χ0v) is 20.0. The zero-order valence-electron chi connectivity index (χ0n) is 20.0. The lowest BCUT2D eigenvalue weighted by Gasteiger charge is -2.33. The molecule has 0 bridgehead atoms. The Bertz CT molecular complexity index is 1080. The molecule has 2 aromatic rings. The molecule has 0 saturated heterocycles. The van der Waals surface area contributed by atoms with Gasteiger partial charge in [-0.1, -0.05) is 27.4 Å². The molecule has 0 saturated carbocycles. The van der Waals surface area contributed by atoms with Crippen molar-refractivity contribution in [1.82, 2.24) is 4.59 Å². The Hall–Kier alpha value is -3.32. The molecule has 2 aromatic carbocycles. The Labute approximate surface area is 190 Å². The van der Waals surface area contributed by atoms with E-state index in [9.17, 15) is 4.79 Å². The number of nitrogens with two attached hydrogens (primary N) is 1. The average Bonchev–Trinajstić information content (AvgIpc) is 2.99. The van der Waals surface area contributed by atoms with Crippen molar-refractivity contribution in [2.75, 3.05) is 17.3 Å². The van der Waals surface area contributed by atoms with Crippen LogP contribution in [0.3, 0.4) is 0 Å². The molecule has 0 spiro atoms. The molecule has 168 valence electrons. The largest absolute Gasteiger partial charge is 0.419 e. The summed E-state index contributed by atoms with van der Waals surface area (Å²) in [7, 11) is 1.93. The van der Waals surface area contributed by atoms with Crippen molar-refractivity contribution in [2.45, 2.75) is 53.6 Å². The molecule has 1 heterocycles. The number of carbonyl (C=O) groups excluding carboxylic acids is 1. The van der Waals surface area contributed by atoms with E-state index in [-0.39, 0.29) is 10.5 Å². The molecule has 1 unspecified atom stereocenters. The highest BCUT2D eigenvalue weighted by molar-refractivity contribution is 6.64. The molecule has 1 aliphatic heterocycles. The summed E-state index contributed by atoms with van der Waals surface area (Å²) in [4.78, 5) is 19.0. The standard InChI is InChI=1S/C25H32N6O/c1-16(2)30(17(3)4)20-10-13-22(23(14-20)28-19(6)32)29-24-15-27-31(7,25(24)26)21-11-8-18(5)9-12-21/h8-17H,1-7H3,(H-,26,27,28,32)/p+2. The third kappa shape index (κ3) is 4.62. The number of hydrogen-bond donors (Lipinski definition) is 2. The highest BCUT2D eigenvalue weighted by Crippen LogP contribution is 2.33. The van der Waals surface area contributed by atoms with E-state index in [1.807, 2.05) is 56.4 Å². The average molecular weight is 435 g/mol. The quantitative estimate of drug-likeness (QED) is 0.683. The highest BCUT2D eigenvalue weighted by atomic mass is 16.1. The van der Waals surface area contributed by atoms with Gasteiger partial charge in [0.05, 0.1) is 11.4 Å². The highest BCUT2D eigenvalue weighted by Gasteiger charge is 2.44. The fourth-order valence-electron chi connectivity index (χ4n) is 4.04. The topological polar surface area (TPSA) is 82.7 Å². The molecule has 0 aromatic heterocycles. The van der Waals surface area contributed by atoms with Gasteiger partial charge in [-0.05, 0) is 52.8 Å². The number of amides is 1. The van der Waals surface area contributed by atoms with Crippen molar-refractivity contribution in [3.8, 4) is 0 Å². The van der Waals surface area contributed by atoms with Gasteiger partial charge in [-0.2, -0.15) is 0 Å². The van der Waals surface area contributed by atoms with Crippen LogP contribution < -0.4 is 20.2 Å². The number of nitrogens with zero attached hydrogens (tertiary/aromatic N) is 4. The summed E-state index contributed by atoms with van der Waals surface area (Å²) in [5.74, 6) is 0.374. The number of benzene rings is 2. The Kier molecular flexibility index (Phi) is 6.60. The molecule has 7 heteroatoms. The van der Waals surface area contributed by atoms with Gasteiger partial charge in [0.2, 0.25) is 11.6 Å². The lowest BCUT2D eigenvalue weighted by molar-refractivity contribution is -0.121. The maximum Gasteiger partial charge on any atom is 0.419 e. The summed E-state index contributed by atoms with van der Waals surface area (Å²) in [5.41, 5.74) is 5.02. The summed E-state index contributed by atoms with van der Waals surface area (Å²) in [6.45, 7) is 12.2. The van der Waals surface area contributed by atoms with E-state index < -0.39 is 0 Å². The van der Waals surface area contributed by atoms with E-state index in [4.69, 9.17) is 10.4 Å². The van der Waals surface area contributed by atoms with Gasteiger partial charge in [-0.25, -0.2) is 10.4 Å². The first-order valence-corrected chi connectivity index (χ1v) is 10.9. The second-order valence-corrected chi connectivity index (χ2v) is 8.90. The second-order valence-electron chi connectivity index (χ2n) is 8.90. The molecule has 1 aliphatic rings. The van der Waals surface area contributed by atoms with Crippen molar-refractivity contribution < 1.29 is 10.2 Å².